The smallest absolute Gasteiger partial charge is 0.246 e. The van der Waals surface area contributed by atoms with Crippen LogP contribution in [-0.2, 0) is 22.6 Å². The molecule has 1 saturated heterocycles. The van der Waals surface area contributed by atoms with Crippen molar-refractivity contribution in [2.75, 3.05) is 13.1 Å². The van der Waals surface area contributed by atoms with Crippen LogP contribution >= 0.6 is 0 Å². The highest BCUT2D eigenvalue weighted by atomic mass is 16.2. The number of hydrogen-bond donors (Lipinski definition) is 0. The maximum absolute atomic E-state index is 13.0. The van der Waals surface area contributed by atoms with Gasteiger partial charge in [0.15, 0.2) is 0 Å². The van der Waals surface area contributed by atoms with E-state index in [9.17, 15) is 9.59 Å². The van der Waals surface area contributed by atoms with E-state index in [-0.39, 0.29) is 11.8 Å². The second-order valence-corrected chi connectivity index (χ2v) is 6.16. The Labute approximate surface area is 142 Å². The Balaban J connectivity index is 1.78. The molecule has 4 nitrogen and oxygen atoms in total. The summed E-state index contributed by atoms with van der Waals surface area (Å²) in [6, 6.07) is 19.4. The van der Waals surface area contributed by atoms with Gasteiger partial charge in [0, 0.05) is 33.0 Å². The molecule has 3 rings (SSSR count). The zero-order valence-corrected chi connectivity index (χ0v) is 13.9. The molecule has 1 atom stereocenters. The van der Waals surface area contributed by atoms with Gasteiger partial charge in [-0.25, -0.2) is 0 Å². The molecule has 0 spiro atoms. The van der Waals surface area contributed by atoms with Crippen molar-refractivity contribution in [3.8, 4) is 0 Å². The Kier molecular flexibility index (Phi) is 4.94. The van der Waals surface area contributed by atoms with Crippen molar-refractivity contribution >= 4 is 11.8 Å². The summed E-state index contributed by atoms with van der Waals surface area (Å²) in [6.45, 7) is 3.30. The Hall–Kier alpha value is -2.62. The third-order valence-electron chi connectivity index (χ3n) is 4.48. The molecule has 1 fully saturated rings. The van der Waals surface area contributed by atoms with Gasteiger partial charge < -0.3 is 9.80 Å². The lowest BCUT2D eigenvalue weighted by atomic mass is 10.0. The molecule has 0 aliphatic carbocycles. The van der Waals surface area contributed by atoms with Crippen LogP contribution in [0.15, 0.2) is 60.7 Å². The molecule has 2 amide bonds. The Morgan fingerprint density at radius 3 is 2.12 bits per heavy atom. The number of benzene rings is 2. The first kappa shape index (κ1) is 16.2. The highest BCUT2D eigenvalue weighted by Gasteiger charge is 2.35. The van der Waals surface area contributed by atoms with Gasteiger partial charge in [-0.15, -0.1) is 0 Å². The molecular weight excluding hydrogens is 300 g/mol. The van der Waals surface area contributed by atoms with Gasteiger partial charge in [-0.3, -0.25) is 9.59 Å². The summed E-state index contributed by atoms with van der Waals surface area (Å²) in [5, 5.41) is 0. The summed E-state index contributed by atoms with van der Waals surface area (Å²) in [5.74, 6) is -0.00667. The van der Waals surface area contributed by atoms with E-state index in [1.807, 2.05) is 65.6 Å². The fraction of sp³-hybridized carbons (Fsp3) is 0.300. The predicted molar refractivity (Wildman–Crippen MR) is 93.2 cm³/mol. The monoisotopic (exact) mass is 322 g/mol. The first-order valence-corrected chi connectivity index (χ1v) is 8.29. The third-order valence-corrected chi connectivity index (χ3v) is 4.48. The number of hydrogen-bond acceptors (Lipinski definition) is 2. The average molecular weight is 322 g/mol. The van der Waals surface area contributed by atoms with Crippen LogP contribution in [0.25, 0.3) is 0 Å². The van der Waals surface area contributed by atoms with Gasteiger partial charge in [0.2, 0.25) is 11.8 Å². The van der Waals surface area contributed by atoms with Crippen LogP contribution in [0.5, 0.6) is 0 Å². The van der Waals surface area contributed by atoms with Crippen LogP contribution < -0.4 is 0 Å². The molecule has 0 bridgehead atoms. The second kappa shape index (κ2) is 7.30. The number of piperazine rings is 1. The van der Waals surface area contributed by atoms with Crippen LogP contribution in [0.3, 0.4) is 0 Å². The van der Waals surface area contributed by atoms with Crippen molar-refractivity contribution in [3.05, 3.63) is 71.8 Å². The van der Waals surface area contributed by atoms with E-state index < -0.39 is 6.04 Å². The molecule has 1 aliphatic rings. The van der Waals surface area contributed by atoms with Gasteiger partial charge in [-0.05, 0) is 11.1 Å². The van der Waals surface area contributed by atoms with Crippen LogP contribution in [0, 0.1) is 0 Å². The predicted octanol–water partition coefficient (Wildman–Crippen LogP) is 2.49. The highest BCUT2D eigenvalue weighted by Crippen LogP contribution is 2.18. The molecule has 1 aliphatic heterocycles. The summed E-state index contributed by atoms with van der Waals surface area (Å²) in [5.41, 5.74) is 2.18. The molecule has 4 heteroatoms. The lowest BCUT2D eigenvalue weighted by Crippen LogP contribution is -2.58. The average Bonchev–Trinajstić information content (AvgIpc) is 2.60. The molecule has 2 aromatic rings. The Morgan fingerprint density at radius 1 is 0.958 bits per heavy atom. The SMILES string of the molecule is CC(=O)N1CCN(Cc2ccccc2)C(=O)[C@@H]1Cc1ccccc1. The van der Waals surface area contributed by atoms with E-state index in [4.69, 9.17) is 0 Å². The van der Waals surface area contributed by atoms with Gasteiger partial charge in [0.1, 0.15) is 6.04 Å². The lowest BCUT2D eigenvalue weighted by Gasteiger charge is -2.40. The fourth-order valence-corrected chi connectivity index (χ4v) is 3.21. The number of nitrogens with zero attached hydrogens (tertiary/aromatic N) is 2. The lowest BCUT2D eigenvalue weighted by molar-refractivity contribution is -0.150. The zero-order valence-electron chi connectivity index (χ0n) is 13.9. The molecular formula is C20H22N2O2. The summed E-state index contributed by atoms with van der Waals surface area (Å²) >= 11 is 0. The van der Waals surface area contributed by atoms with Crippen molar-refractivity contribution in [2.45, 2.75) is 25.9 Å². The van der Waals surface area contributed by atoms with Gasteiger partial charge >= 0.3 is 0 Å². The number of rotatable bonds is 4. The molecule has 0 unspecified atom stereocenters. The van der Waals surface area contributed by atoms with Crippen molar-refractivity contribution in [3.63, 3.8) is 0 Å². The van der Waals surface area contributed by atoms with Crippen molar-refractivity contribution < 1.29 is 9.59 Å². The molecule has 0 N–H and O–H groups in total. The Morgan fingerprint density at radius 2 is 1.54 bits per heavy atom. The maximum Gasteiger partial charge on any atom is 0.246 e. The van der Waals surface area contributed by atoms with Gasteiger partial charge in [0.25, 0.3) is 0 Å². The van der Waals surface area contributed by atoms with E-state index in [0.29, 0.717) is 26.1 Å². The number of carbonyl (C=O) groups is 2. The molecule has 1 heterocycles. The molecule has 124 valence electrons. The summed E-state index contributed by atoms with van der Waals surface area (Å²) in [4.78, 5) is 28.5. The van der Waals surface area contributed by atoms with Crippen molar-refractivity contribution in [1.29, 1.82) is 0 Å². The minimum atomic E-state index is -0.414. The maximum atomic E-state index is 13.0. The molecule has 0 saturated carbocycles. The summed E-state index contributed by atoms with van der Waals surface area (Å²) in [6.07, 6.45) is 0.560. The molecule has 2 aromatic carbocycles. The van der Waals surface area contributed by atoms with E-state index in [2.05, 4.69) is 0 Å². The van der Waals surface area contributed by atoms with E-state index in [0.717, 1.165) is 11.1 Å². The van der Waals surface area contributed by atoms with E-state index in [1.54, 1.807) is 4.90 Å². The largest absolute Gasteiger partial charge is 0.335 e. The topological polar surface area (TPSA) is 40.6 Å². The van der Waals surface area contributed by atoms with Crippen LogP contribution in [-0.4, -0.2) is 40.7 Å². The standard InChI is InChI=1S/C20H22N2O2/c1-16(23)22-13-12-21(15-18-10-6-3-7-11-18)20(24)19(22)14-17-8-4-2-5-9-17/h2-11,19H,12-15H2,1H3/t19-/m0/s1. The van der Waals surface area contributed by atoms with Crippen LogP contribution in [0.2, 0.25) is 0 Å². The first-order chi connectivity index (χ1) is 11.6. The summed E-state index contributed by atoms with van der Waals surface area (Å²) in [7, 11) is 0. The normalized spacial score (nSPS) is 17.9. The van der Waals surface area contributed by atoms with Gasteiger partial charge in [0.05, 0.1) is 0 Å². The summed E-state index contributed by atoms with van der Waals surface area (Å²) < 4.78 is 0. The fourth-order valence-electron chi connectivity index (χ4n) is 3.21. The van der Waals surface area contributed by atoms with E-state index in [1.165, 1.54) is 6.92 Å². The van der Waals surface area contributed by atoms with Crippen LogP contribution in [0.1, 0.15) is 18.1 Å². The number of amides is 2. The minimum absolute atomic E-state index is 0.0316. The molecule has 0 radical (unpaired) electrons. The first-order valence-electron chi connectivity index (χ1n) is 8.29. The second-order valence-electron chi connectivity index (χ2n) is 6.16. The third kappa shape index (κ3) is 3.65. The zero-order chi connectivity index (χ0) is 16.9. The van der Waals surface area contributed by atoms with Crippen molar-refractivity contribution in [2.24, 2.45) is 0 Å². The minimum Gasteiger partial charge on any atom is -0.335 e. The highest BCUT2D eigenvalue weighted by molar-refractivity contribution is 5.88. The van der Waals surface area contributed by atoms with Crippen LogP contribution in [0.4, 0.5) is 0 Å². The molecule has 0 aromatic heterocycles. The van der Waals surface area contributed by atoms with Gasteiger partial charge in [-0.1, -0.05) is 60.7 Å². The Bertz CT molecular complexity index is 700. The van der Waals surface area contributed by atoms with Crippen molar-refractivity contribution in [1.82, 2.24) is 9.80 Å². The number of carbonyl (C=O) groups excluding carboxylic acids is 2. The van der Waals surface area contributed by atoms with E-state index >= 15 is 0 Å². The quantitative estimate of drug-likeness (QED) is 0.868. The van der Waals surface area contributed by atoms with Gasteiger partial charge in [-0.2, -0.15) is 0 Å². The molecule has 24 heavy (non-hydrogen) atoms.